The van der Waals surface area contributed by atoms with E-state index in [0.717, 1.165) is 32.1 Å². The molecule has 24 heavy (non-hydrogen) atoms. The van der Waals surface area contributed by atoms with E-state index in [9.17, 15) is 9.59 Å². The highest BCUT2D eigenvalue weighted by atomic mass is 16.5. The Hall–Kier alpha value is -1.92. The Labute approximate surface area is 142 Å². The quantitative estimate of drug-likeness (QED) is 0.734. The van der Waals surface area contributed by atoms with Crippen molar-refractivity contribution in [3.63, 3.8) is 0 Å². The Bertz CT molecular complexity index is 595. The van der Waals surface area contributed by atoms with Crippen molar-refractivity contribution in [1.29, 1.82) is 0 Å². The Kier molecular flexibility index (Phi) is 4.87. The molecule has 2 aliphatic rings. The first kappa shape index (κ1) is 16.9. The highest BCUT2D eigenvalue weighted by Crippen LogP contribution is 2.50. The predicted molar refractivity (Wildman–Crippen MR) is 87.2 cm³/mol. The smallest absolute Gasteiger partial charge is 0.328 e. The fourth-order valence-electron chi connectivity index (χ4n) is 3.45. The molecule has 0 spiro atoms. The maximum absolute atomic E-state index is 12.7. The van der Waals surface area contributed by atoms with Gasteiger partial charge in [0.15, 0.2) is 0 Å². The lowest BCUT2D eigenvalue weighted by molar-refractivity contribution is -0.145. The molecule has 0 aromatic carbocycles. The number of methoxy groups -OCH3 is 1. The molecular weight excluding hydrogens is 308 g/mol. The number of nitrogens with one attached hydrogen (secondary N) is 1. The lowest BCUT2D eigenvalue weighted by Gasteiger charge is -2.26. The van der Waals surface area contributed by atoms with Crippen molar-refractivity contribution in [2.75, 3.05) is 7.11 Å². The second kappa shape index (κ2) is 6.91. The average molecular weight is 334 g/mol. The van der Waals surface area contributed by atoms with Crippen LogP contribution >= 0.6 is 0 Å². The molecular formula is C17H26N4O3. The van der Waals surface area contributed by atoms with Crippen LogP contribution in [0, 0.1) is 17.8 Å². The molecule has 1 unspecified atom stereocenters. The van der Waals surface area contributed by atoms with Gasteiger partial charge in [-0.05, 0) is 56.8 Å². The van der Waals surface area contributed by atoms with Crippen LogP contribution in [0.1, 0.15) is 62.5 Å². The number of ether oxygens (including phenoxy) is 1. The number of hydrogen-bond acceptors (Lipinski definition) is 5. The highest BCUT2D eigenvalue weighted by Gasteiger charge is 2.48. The van der Waals surface area contributed by atoms with Crippen molar-refractivity contribution in [2.24, 2.45) is 17.8 Å². The topological polar surface area (TPSA) is 86.1 Å². The minimum atomic E-state index is -0.581. The first-order chi connectivity index (χ1) is 11.6. The molecule has 0 bridgehead atoms. The molecule has 0 saturated heterocycles. The van der Waals surface area contributed by atoms with Gasteiger partial charge in [0.25, 0.3) is 5.91 Å². The van der Waals surface area contributed by atoms with E-state index in [0.29, 0.717) is 17.5 Å². The Morgan fingerprint density at radius 2 is 1.96 bits per heavy atom. The van der Waals surface area contributed by atoms with Gasteiger partial charge in [0.05, 0.1) is 19.3 Å². The van der Waals surface area contributed by atoms with E-state index in [1.807, 2.05) is 13.8 Å². The van der Waals surface area contributed by atoms with Crippen molar-refractivity contribution >= 4 is 11.9 Å². The summed E-state index contributed by atoms with van der Waals surface area (Å²) >= 11 is 0. The van der Waals surface area contributed by atoms with Gasteiger partial charge in [-0.3, -0.25) is 4.79 Å². The van der Waals surface area contributed by atoms with Gasteiger partial charge >= 0.3 is 5.97 Å². The standard InChI is InChI=1S/C17H26N4O3/c1-4-10(2)21-13(9-18-20-21)16(22)19-15(17(23)24-3)14(11-5-6-11)12-7-8-12/h9-12,14-15H,4-8H2,1-3H3,(H,19,22)/t10?,15-/m0/s1. The van der Waals surface area contributed by atoms with Crippen molar-refractivity contribution in [1.82, 2.24) is 20.3 Å². The van der Waals surface area contributed by atoms with Gasteiger partial charge < -0.3 is 10.1 Å². The predicted octanol–water partition coefficient (Wildman–Crippen LogP) is 1.96. The Morgan fingerprint density at radius 3 is 2.46 bits per heavy atom. The van der Waals surface area contributed by atoms with Gasteiger partial charge in [0.2, 0.25) is 0 Å². The van der Waals surface area contributed by atoms with Crippen LogP contribution in [0.25, 0.3) is 0 Å². The third-order valence-electron chi connectivity index (χ3n) is 5.28. The van der Waals surface area contributed by atoms with Crippen LogP contribution in [0.4, 0.5) is 0 Å². The molecule has 0 radical (unpaired) electrons. The van der Waals surface area contributed by atoms with Gasteiger partial charge in [-0.2, -0.15) is 0 Å². The average Bonchev–Trinajstić information content (AvgIpc) is 3.52. The number of amides is 1. The number of carbonyl (C=O) groups excluding carboxylic acids is 2. The fraction of sp³-hybridized carbons (Fsp3) is 0.765. The molecule has 2 fully saturated rings. The monoisotopic (exact) mass is 334 g/mol. The highest BCUT2D eigenvalue weighted by molar-refractivity contribution is 5.95. The number of rotatable bonds is 8. The van der Waals surface area contributed by atoms with E-state index in [2.05, 4.69) is 15.6 Å². The molecule has 1 heterocycles. The van der Waals surface area contributed by atoms with Crippen LogP contribution in [-0.2, 0) is 9.53 Å². The number of aromatic nitrogens is 3. The molecule has 7 heteroatoms. The van der Waals surface area contributed by atoms with E-state index in [4.69, 9.17) is 4.74 Å². The van der Waals surface area contributed by atoms with Crippen molar-refractivity contribution in [3.05, 3.63) is 11.9 Å². The molecule has 2 saturated carbocycles. The fourth-order valence-corrected chi connectivity index (χ4v) is 3.45. The Morgan fingerprint density at radius 1 is 1.33 bits per heavy atom. The van der Waals surface area contributed by atoms with Crippen LogP contribution in [0.15, 0.2) is 6.20 Å². The second-order valence-corrected chi connectivity index (χ2v) is 7.05. The van der Waals surface area contributed by atoms with Crippen LogP contribution < -0.4 is 5.32 Å². The largest absolute Gasteiger partial charge is 0.467 e. The SMILES string of the molecule is CCC(C)n1nncc1C(=O)N[C@H](C(=O)OC)C(C1CC1)C1CC1. The lowest BCUT2D eigenvalue weighted by Crippen LogP contribution is -2.48. The van der Waals surface area contributed by atoms with Gasteiger partial charge in [-0.15, -0.1) is 5.10 Å². The summed E-state index contributed by atoms with van der Waals surface area (Å²) in [4.78, 5) is 25.1. The molecule has 7 nitrogen and oxygen atoms in total. The summed E-state index contributed by atoms with van der Waals surface area (Å²) in [6, 6.07) is -0.504. The summed E-state index contributed by atoms with van der Waals surface area (Å²) in [5, 5.41) is 10.8. The minimum Gasteiger partial charge on any atom is -0.467 e. The molecule has 2 aliphatic carbocycles. The Balaban J connectivity index is 1.78. The minimum absolute atomic E-state index is 0.0764. The maximum Gasteiger partial charge on any atom is 0.328 e. The summed E-state index contributed by atoms with van der Waals surface area (Å²) in [5.41, 5.74) is 0.392. The third-order valence-corrected chi connectivity index (χ3v) is 5.28. The van der Waals surface area contributed by atoms with E-state index < -0.39 is 6.04 Å². The summed E-state index contributed by atoms with van der Waals surface area (Å²) in [6.07, 6.45) is 6.84. The second-order valence-electron chi connectivity index (χ2n) is 7.05. The first-order valence-electron chi connectivity index (χ1n) is 8.85. The number of nitrogens with zero attached hydrogens (tertiary/aromatic N) is 3. The summed E-state index contributed by atoms with van der Waals surface area (Å²) in [7, 11) is 1.38. The van der Waals surface area contributed by atoms with Crippen LogP contribution in [-0.4, -0.2) is 40.0 Å². The molecule has 1 amide bonds. The molecule has 3 rings (SSSR count). The molecule has 1 aromatic rings. The van der Waals surface area contributed by atoms with Gasteiger partial charge in [0.1, 0.15) is 11.7 Å². The van der Waals surface area contributed by atoms with Crippen LogP contribution in [0.2, 0.25) is 0 Å². The van der Waals surface area contributed by atoms with E-state index in [-0.39, 0.29) is 23.8 Å². The van der Waals surface area contributed by atoms with E-state index >= 15 is 0 Å². The first-order valence-corrected chi connectivity index (χ1v) is 8.85. The third kappa shape index (κ3) is 3.44. The van der Waals surface area contributed by atoms with Gasteiger partial charge in [-0.25, -0.2) is 9.48 Å². The van der Waals surface area contributed by atoms with E-state index in [1.165, 1.54) is 13.3 Å². The normalized spacial score (nSPS) is 19.8. The zero-order valence-electron chi connectivity index (χ0n) is 14.6. The summed E-state index contributed by atoms with van der Waals surface area (Å²) in [6.45, 7) is 4.02. The van der Waals surface area contributed by atoms with Crippen molar-refractivity contribution in [2.45, 2.75) is 58.0 Å². The summed E-state index contributed by atoms with van der Waals surface area (Å²) < 4.78 is 6.59. The lowest BCUT2D eigenvalue weighted by atomic mass is 9.89. The van der Waals surface area contributed by atoms with Crippen molar-refractivity contribution < 1.29 is 14.3 Å². The number of carbonyl (C=O) groups is 2. The number of esters is 1. The zero-order valence-corrected chi connectivity index (χ0v) is 14.6. The molecule has 1 N–H and O–H groups in total. The van der Waals surface area contributed by atoms with Crippen molar-refractivity contribution in [3.8, 4) is 0 Å². The molecule has 2 atom stereocenters. The molecule has 0 aliphatic heterocycles. The zero-order chi connectivity index (χ0) is 17.3. The maximum atomic E-state index is 12.7. The molecule has 1 aromatic heterocycles. The number of hydrogen-bond donors (Lipinski definition) is 1. The van der Waals surface area contributed by atoms with Crippen LogP contribution in [0.3, 0.4) is 0 Å². The molecule has 132 valence electrons. The van der Waals surface area contributed by atoms with E-state index in [1.54, 1.807) is 4.68 Å². The van der Waals surface area contributed by atoms with Gasteiger partial charge in [0, 0.05) is 0 Å². The van der Waals surface area contributed by atoms with Crippen LogP contribution in [0.5, 0.6) is 0 Å². The van der Waals surface area contributed by atoms with Gasteiger partial charge in [-0.1, -0.05) is 12.1 Å². The summed E-state index contributed by atoms with van der Waals surface area (Å²) in [5.74, 6) is 0.588.